The molecule has 1 heterocycles. The topological polar surface area (TPSA) is 81.0 Å². The molecule has 1 aromatic rings. The zero-order valence-corrected chi connectivity index (χ0v) is 10.9. The Balaban J connectivity index is 2.38. The lowest BCUT2D eigenvalue weighted by atomic mass is 10.0. The van der Waals surface area contributed by atoms with Crippen LogP contribution in [-0.2, 0) is 16.8 Å². The van der Waals surface area contributed by atoms with Crippen LogP contribution in [0.1, 0.15) is 44.1 Å². The molecule has 0 spiro atoms. The Kier molecular flexibility index (Phi) is 4.14. The molecule has 0 amide bonds. The quantitative estimate of drug-likeness (QED) is 0.820. The van der Waals surface area contributed by atoms with E-state index >= 15 is 0 Å². The van der Waals surface area contributed by atoms with Crippen LogP contribution >= 0.6 is 0 Å². The van der Waals surface area contributed by atoms with Crippen molar-refractivity contribution < 1.29 is 4.74 Å². The molecule has 0 atom stereocenters. The summed E-state index contributed by atoms with van der Waals surface area (Å²) in [7, 11) is 0. The van der Waals surface area contributed by atoms with Gasteiger partial charge in [-0.25, -0.2) is 4.98 Å². The number of H-pyrrole nitrogens is 1. The van der Waals surface area contributed by atoms with Gasteiger partial charge in [-0.3, -0.25) is 4.79 Å². The van der Waals surface area contributed by atoms with Gasteiger partial charge in [-0.05, 0) is 39.2 Å². The van der Waals surface area contributed by atoms with Crippen molar-refractivity contribution in [1.29, 1.82) is 0 Å². The molecule has 0 unspecified atom stereocenters. The first-order chi connectivity index (χ1) is 8.70. The first-order valence-electron chi connectivity index (χ1n) is 6.65. The van der Waals surface area contributed by atoms with Crippen molar-refractivity contribution >= 4 is 0 Å². The Bertz CT molecular complexity index is 450. The van der Waals surface area contributed by atoms with Gasteiger partial charge < -0.3 is 15.5 Å². The molecule has 2 rings (SSSR count). The number of aromatic nitrogens is 2. The third-order valence-corrected chi connectivity index (χ3v) is 3.46. The van der Waals surface area contributed by atoms with Crippen molar-refractivity contribution in [3.05, 3.63) is 27.9 Å². The van der Waals surface area contributed by atoms with E-state index in [2.05, 4.69) is 9.97 Å². The Morgan fingerprint density at radius 3 is 2.83 bits per heavy atom. The summed E-state index contributed by atoms with van der Waals surface area (Å²) in [4.78, 5) is 19.1. The number of nitrogens with one attached hydrogen (secondary N) is 1. The molecular formula is C13H21N3O2. The molecule has 100 valence electrons. The highest BCUT2D eigenvalue weighted by molar-refractivity contribution is 5.11. The molecule has 0 aromatic carbocycles. The van der Waals surface area contributed by atoms with Crippen LogP contribution in [-0.4, -0.2) is 23.1 Å². The lowest BCUT2D eigenvalue weighted by Crippen LogP contribution is -2.32. The fourth-order valence-corrected chi connectivity index (χ4v) is 2.67. The molecule has 0 bridgehead atoms. The summed E-state index contributed by atoms with van der Waals surface area (Å²) in [6.07, 6.45) is 4.71. The van der Waals surface area contributed by atoms with Crippen LogP contribution < -0.4 is 11.3 Å². The number of hydrogen-bond acceptors (Lipinski definition) is 4. The average molecular weight is 251 g/mol. The van der Waals surface area contributed by atoms with Gasteiger partial charge in [0.25, 0.3) is 5.56 Å². The van der Waals surface area contributed by atoms with Crippen LogP contribution in [0, 0.1) is 0 Å². The molecule has 1 saturated carbocycles. The third kappa shape index (κ3) is 2.62. The summed E-state index contributed by atoms with van der Waals surface area (Å²) in [6.45, 7) is 3.10. The van der Waals surface area contributed by atoms with Gasteiger partial charge in [-0.15, -0.1) is 0 Å². The maximum absolute atomic E-state index is 11.7. The van der Waals surface area contributed by atoms with E-state index in [9.17, 15) is 4.79 Å². The smallest absolute Gasteiger partial charge is 0.251 e. The Labute approximate surface area is 107 Å². The van der Waals surface area contributed by atoms with E-state index in [-0.39, 0.29) is 5.56 Å². The summed E-state index contributed by atoms with van der Waals surface area (Å²) >= 11 is 0. The monoisotopic (exact) mass is 251 g/mol. The number of rotatable bonds is 5. The first-order valence-corrected chi connectivity index (χ1v) is 6.65. The second kappa shape index (κ2) is 5.63. The highest BCUT2D eigenvalue weighted by atomic mass is 16.5. The van der Waals surface area contributed by atoms with Crippen LogP contribution in [0.4, 0.5) is 0 Å². The van der Waals surface area contributed by atoms with Gasteiger partial charge in [0, 0.05) is 24.8 Å². The Morgan fingerprint density at radius 1 is 1.50 bits per heavy atom. The predicted molar refractivity (Wildman–Crippen MR) is 69.4 cm³/mol. The standard InChI is InChI=1S/C13H21N3O2/c1-2-18-13(6-3-4-7-13)12-15-10(5-8-14)9-11(17)16-12/h9H,2-8,14H2,1H3,(H,15,16,17). The summed E-state index contributed by atoms with van der Waals surface area (Å²) in [6, 6.07) is 1.52. The highest BCUT2D eigenvalue weighted by Crippen LogP contribution is 2.40. The molecule has 3 N–H and O–H groups in total. The molecule has 1 aromatic heterocycles. The van der Waals surface area contributed by atoms with Crippen molar-refractivity contribution in [2.75, 3.05) is 13.2 Å². The molecule has 1 aliphatic rings. The van der Waals surface area contributed by atoms with Gasteiger partial charge in [0.2, 0.25) is 0 Å². The molecule has 1 fully saturated rings. The molecular weight excluding hydrogens is 230 g/mol. The highest BCUT2D eigenvalue weighted by Gasteiger charge is 2.38. The number of nitrogens with two attached hydrogens (primary N) is 1. The number of hydrogen-bond donors (Lipinski definition) is 2. The van der Waals surface area contributed by atoms with Crippen molar-refractivity contribution in [3.63, 3.8) is 0 Å². The lowest BCUT2D eigenvalue weighted by molar-refractivity contribution is -0.0460. The van der Waals surface area contributed by atoms with Crippen LogP contribution in [0.3, 0.4) is 0 Å². The first kappa shape index (κ1) is 13.2. The van der Waals surface area contributed by atoms with E-state index in [4.69, 9.17) is 10.5 Å². The number of aromatic amines is 1. The molecule has 5 nitrogen and oxygen atoms in total. The normalized spacial score (nSPS) is 18.1. The average Bonchev–Trinajstić information content (AvgIpc) is 2.79. The molecule has 1 aliphatic carbocycles. The zero-order valence-electron chi connectivity index (χ0n) is 10.9. The van der Waals surface area contributed by atoms with Gasteiger partial charge in [-0.2, -0.15) is 0 Å². The van der Waals surface area contributed by atoms with Crippen molar-refractivity contribution in [3.8, 4) is 0 Å². The van der Waals surface area contributed by atoms with Gasteiger partial charge in [-0.1, -0.05) is 0 Å². The maximum atomic E-state index is 11.7. The summed E-state index contributed by atoms with van der Waals surface area (Å²) in [5.74, 6) is 0.679. The number of ether oxygens (including phenoxy) is 1. The minimum Gasteiger partial charge on any atom is -0.367 e. The van der Waals surface area contributed by atoms with E-state index in [1.54, 1.807) is 0 Å². The largest absolute Gasteiger partial charge is 0.367 e. The summed E-state index contributed by atoms with van der Waals surface area (Å²) in [5.41, 5.74) is 5.77. The summed E-state index contributed by atoms with van der Waals surface area (Å²) in [5, 5.41) is 0. The number of nitrogens with zero attached hydrogens (tertiary/aromatic N) is 1. The SMILES string of the molecule is CCOC1(c2nc(CCN)cc(=O)[nH]2)CCCC1. The predicted octanol–water partition coefficient (Wildman–Crippen LogP) is 1.08. The maximum Gasteiger partial charge on any atom is 0.251 e. The molecule has 5 heteroatoms. The minimum atomic E-state index is -0.390. The van der Waals surface area contributed by atoms with E-state index in [0.717, 1.165) is 31.4 Å². The molecule has 0 aliphatic heterocycles. The summed E-state index contributed by atoms with van der Waals surface area (Å²) < 4.78 is 5.90. The fraction of sp³-hybridized carbons (Fsp3) is 0.692. The second-order valence-corrected chi connectivity index (χ2v) is 4.76. The lowest BCUT2D eigenvalue weighted by Gasteiger charge is -2.27. The van der Waals surface area contributed by atoms with Gasteiger partial charge in [0.05, 0.1) is 0 Å². The van der Waals surface area contributed by atoms with Crippen LogP contribution in [0.5, 0.6) is 0 Å². The van der Waals surface area contributed by atoms with Crippen molar-refractivity contribution in [1.82, 2.24) is 9.97 Å². The van der Waals surface area contributed by atoms with Crippen LogP contribution in [0.25, 0.3) is 0 Å². The Hall–Kier alpha value is -1.20. The van der Waals surface area contributed by atoms with Crippen molar-refractivity contribution in [2.24, 2.45) is 5.73 Å². The zero-order chi connectivity index (χ0) is 13.0. The van der Waals surface area contributed by atoms with Crippen LogP contribution in [0.15, 0.2) is 10.9 Å². The minimum absolute atomic E-state index is 0.116. The van der Waals surface area contributed by atoms with E-state index < -0.39 is 5.60 Å². The van der Waals surface area contributed by atoms with Crippen LogP contribution in [0.2, 0.25) is 0 Å². The van der Waals surface area contributed by atoms with Crippen molar-refractivity contribution in [2.45, 2.75) is 44.6 Å². The van der Waals surface area contributed by atoms with E-state index in [1.165, 1.54) is 6.07 Å². The van der Waals surface area contributed by atoms with E-state index in [1.807, 2.05) is 6.92 Å². The molecule has 18 heavy (non-hydrogen) atoms. The Morgan fingerprint density at radius 2 is 2.22 bits per heavy atom. The fourth-order valence-electron chi connectivity index (χ4n) is 2.67. The third-order valence-electron chi connectivity index (χ3n) is 3.46. The second-order valence-electron chi connectivity index (χ2n) is 4.76. The molecule has 0 radical (unpaired) electrons. The van der Waals surface area contributed by atoms with Gasteiger partial charge >= 0.3 is 0 Å². The van der Waals surface area contributed by atoms with Gasteiger partial charge in [0.1, 0.15) is 11.4 Å². The molecule has 0 saturated heterocycles. The van der Waals surface area contributed by atoms with Gasteiger partial charge in [0.15, 0.2) is 0 Å². The van der Waals surface area contributed by atoms with E-state index in [0.29, 0.717) is 25.4 Å².